The highest BCUT2D eigenvalue weighted by Crippen LogP contribution is 2.32. The molecule has 1 heterocycles. The zero-order chi connectivity index (χ0) is 15.6. The van der Waals surface area contributed by atoms with Crippen LogP contribution in [-0.4, -0.2) is 29.3 Å². The van der Waals surface area contributed by atoms with E-state index in [1.807, 2.05) is 0 Å². The van der Waals surface area contributed by atoms with Gasteiger partial charge in [-0.2, -0.15) is 9.97 Å². The number of nitrogen functional groups attached to an aromatic ring is 1. The second-order valence-corrected chi connectivity index (χ2v) is 4.51. The number of rotatable bonds is 4. The van der Waals surface area contributed by atoms with E-state index in [9.17, 15) is 9.50 Å². The van der Waals surface area contributed by atoms with Gasteiger partial charge in [-0.1, -0.05) is 11.6 Å². The van der Waals surface area contributed by atoms with Crippen molar-refractivity contribution < 1.29 is 19.0 Å². The zero-order valence-electron chi connectivity index (χ0n) is 11.3. The van der Waals surface area contributed by atoms with Gasteiger partial charge in [0.1, 0.15) is 11.9 Å². The first-order valence-corrected chi connectivity index (χ1v) is 6.23. The molecule has 1 unspecified atom stereocenters. The molecule has 21 heavy (non-hydrogen) atoms. The average molecular weight is 314 g/mol. The summed E-state index contributed by atoms with van der Waals surface area (Å²) in [5.41, 5.74) is 5.87. The van der Waals surface area contributed by atoms with Gasteiger partial charge in [-0.05, 0) is 12.1 Å². The van der Waals surface area contributed by atoms with Crippen LogP contribution in [0.25, 0.3) is 0 Å². The van der Waals surface area contributed by atoms with E-state index < -0.39 is 11.9 Å². The van der Waals surface area contributed by atoms with Crippen molar-refractivity contribution in [1.29, 1.82) is 0 Å². The highest BCUT2D eigenvalue weighted by Gasteiger charge is 2.21. The molecule has 0 fully saturated rings. The van der Waals surface area contributed by atoms with Gasteiger partial charge < -0.3 is 20.3 Å². The van der Waals surface area contributed by atoms with E-state index in [2.05, 4.69) is 9.97 Å². The molecule has 0 spiro atoms. The summed E-state index contributed by atoms with van der Waals surface area (Å²) in [6.45, 7) is 0. The lowest BCUT2D eigenvalue weighted by atomic mass is 10.1. The molecule has 2 rings (SSSR count). The van der Waals surface area contributed by atoms with Crippen molar-refractivity contribution in [3.63, 3.8) is 0 Å². The predicted molar refractivity (Wildman–Crippen MR) is 75.0 cm³/mol. The number of nitrogens with zero attached hydrogens (tertiary/aromatic N) is 2. The van der Waals surface area contributed by atoms with E-state index >= 15 is 0 Å². The Balaban J connectivity index is 2.51. The number of aliphatic hydroxyl groups excluding tert-OH is 1. The number of anilines is 1. The van der Waals surface area contributed by atoms with Gasteiger partial charge in [0.25, 0.3) is 0 Å². The van der Waals surface area contributed by atoms with Crippen molar-refractivity contribution in [2.45, 2.75) is 6.10 Å². The summed E-state index contributed by atoms with van der Waals surface area (Å²) in [6, 6.07) is 3.57. The highest BCUT2D eigenvalue weighted by atomic mass is 35.5. The van der Waals surface area contributed by atoms with Gasteiger partial charge in [0.2, 0.25) is 11.8 Å². The molecule has 0 aliphatic rings. The number of methoxy groups -OCH3 is 2. The van der Waals surface area contributed by atoms with Crippen LogP contribution in [0.3, 0.4) is 0 Å². The number of aromatic nitrogens is 2. The van der Waals surface area contributed by atoms with Crippen LogP contribution in [0.15, 0.2) is 18.2 Å². The normalized spacial score (nSPS) is 12.0. The van der Waals surface area contributed by atoms with Gasteiger partial charge in [-0.25, -0.2) is 4.39 Å². The second kappa shape index (κ2) is 6.11. The van der Waals surface area contributed by atoms with Crippen molar-refractivity contribution in [2.75, 3.05) is 20.0 Å². The van der Waals surface area contributed by atoms with Gasteiger partial charge in [0, 0.05) is 5.56 Å². The van der Waals surface area contributed by atoms with Crippen LogP contribution in [0.5, 0.6) is 11.8 Å². The van der Waals surface area contributed by atoms with Crippen LogP contribution in [-0.2, 0) is 0 Å². The Morgan fingerprint density at radius 2 is 1.76 bits per heavy atom. The molecule has 0 saturated carbocycles. The topological polar surface area (TPSA) is 90.5 Å². The number of nitrogens with two attached hydrogens (primary N) is 1. The minimum atomic E-state index is -1.37. The molecule has 8 heteroatoms. The van der Waals surface area contributed by atoms with E-state index in [0.717, 1.165) is 12.1 Å². The summed E-state index contributed by atoms with van der Waals surface area (Å²) in [6.07, 6.45) is -1.37. The quantitative estimate of drug-likeness (QED) is 0.838. The van der Waals surface area contributed by atoms with E-state index in [1.165, 1.54) is 20.3 Å². The molecule has 0 amide bonds. The summed E-state index contributed by atoms with van der Waals surface area (Å²) >= 11 is 5.80. The summed E-state index contributed by atoms with van der Waals surface area (Å²) in [5.74, 6) is -0.286. The molecule has 3 N–H and O–H groups in total. The molecule has 0 aliphatic heterocycles. The summed E-state index contributed by atoms with van der Waals surface area (Å²) < 4.78 is 23.4. The molecular formula is C13H13ClFN3O3. The first-order chi connectivity index (χ1) is 9.96. The van der Waals surface area contributed by atoms with Crippen molar-refractivity contribution in [2.24, 2.45) is 0 Å². The lowest BCUT2D eigenvalue weighted by Gasteiger charge is -2.15. The zero-order valence-corrected chi connectivity index (χ0v) is 12.1. The van der Waals surface area contributed by atoms with Gasteiger partial charge in [-0.3, -0.25) is 0 Å². The fourth-order valence-electron chi connectivity index (χ4n) is 1.72. The Morgan fingerprint density at radius 3 is 2.29 bits per heavy atom. The number of benzene rings is 1. The Bertz CT molecular complexity index is 647. The van der Waals surface area contributed by atoms with Crippen molar-refractivity contribution in [3.05, 3.63) is 40.4 Å². The molecule has 0 radical (unpaired) electrons. The SMILES string of the molecule is COc1cc(OC)nc(C(O)c2cc(F)cc(Cl)c2N)n1. The fourth-order valence-corrected chi connectivity index (χ4v) is 1.94. The maximum Gasteiger partial charge on any atom is 0.220 e. The minimum absolute atomic E-state index is 0.00101. The molecule has 0 aliphatic carbocycles. The molecule has 112 valence electrons. The van der Waals surface area contributed by atoms with Gasteiger partial charge in [-0.15, -0.1) is 0 Å². The Kier molecular flexibility index (Phi) is 4.44. The Hall–Kier alpha value is -2.12. The van der Waals surface area contributed by atoms with Gasteiger partial charge in [0.15, 0.2) is 5.82 Å². The van der Waals surface area contributed by atoms with Crippen LogP contribution >= 0.6 is 11.6 Å². The van der Waals surface area contributed by atoms with E-state index in [4.69, 9.17) is 26.8 Å². The molecule has 6 nitrogen and oxygen atoms in total. The van der Waals surface area contributed by atoms with E-state index in [0.29, 0.717) is 0 Å². The number of ether oxygens (including phenoxy) is 2. The Labute approximate surface area is 125 Å². The first-order valence-electron chi connectivity index (χ1n) is 5.85. The molecule has 0 bridgehead atoms. The molecule has 2 aromatic rings. The third kappa shape index (κ3) is 3.14. The lowest BCUT2D eigenvalue weighted by Crippen LogP contribution is -2.10. The third-order valence-corrected chi connectivity index (χ3v) is 3.09. The average Bonchev–Trinajstić information content (AvgIpc) is 2.49. The largest absolute Gasteiger partial charge is 0.481 e. The van der Waals surface area contributed by atoms with Crippen molar-refractivity contribution in [3.8, 4) is 11.8 Å². The summed E-state index contributed by atoms with van der Waals surface area (Å²) in [5, 5.41) is 10.3. The third-order valence-electron chi connectivity index (χ3n) is 2.78. The van der Waals surface area contributed by atoms with E-state index in [1.54, 1.807) is 0 Å². The van der Waals surface area contributed by atoms with E-state index in [-0.39, 0.29) is 33.9 Å². The smallest absolute Gasteiger partial charge is 0.220 e. The maximum absolute atomic E-state index is 13.4. The summed E-state index contributed by atoms with van der Waals surface area (Å²) in [7, 11) is 2.82. The summed E-state index contributed by atoms with van der Waals surface area (Å²) in [4.78, 5) is 7.98. The van der Waals surface area contributed by atoms with Crippen LogP contribution < -0.4 is 15.2 Å². The number of aliphatic hydroxyl groups is 1. The molecule has 0 saturated heterocycles. The van der Waals surface area contributed by atoms with Crippen LogP contribution in [0, 0.1) is 5.82 Å². The molecule has 1 aromatic carbocycles. The fraction of sp³-hybridized carbons (Fsp3) is 0.231. The molecular weight excluding hydrogens is 301 g/mol. The molecule has 1 atom stereocenters. The van der Waals surface area contributed by atoms with Gasteiger partial charge in [0.05, 0.1) is 31.0 Å². The monoisotopic (exact) mass is 313 g/mol. The maximum atomic E-state index is 13.4. The van der Waals surface area contributed by atoms with Crippen molar-refractivity contribution >= 4 is 17.3 Å². The predicted octanol–water partition coefficient (Wildman–Crippen LogP) is 1.95. The van der Waals surface area contributed by atoms with Gasteiger partial charge >= 0.3 is 0 Å². The number of hydrogen-bond acceptors (Lipinski definition) is 6. The van der Waals surface area contributed by atoms with Crippen LogP contribution in [0.4, 0.5) is 10.1 Å². The number of halogens is 2. The highest BCUT2D eigenvalue weighted by molar-refractivity contribution is 6.33. The number of hydrogen-bond donors (Lipinski definition) is 2. The molecule has 1 aromatic heterocycles. The minimum Gasteiger partial charge on any atom is -0.481 e. The lowest BCUT2D eigenvalue weighted by molar-refractivity contribution is 0.206. The van der Waals surface area contributed by atoms with Crippen molar-refractivity contribution in [1.82, 2.24) is 9.97 Å². The Morgan fingerprint density at radius 1 is 1.19 bits per heavy atom. The first kappa shape index (κ1) is 15.3. The van der Waals surface area contributed by atoms with Crippen LogP contribution in [0.1, 0.15) is 17.5 Å². The standard InChI is InChI=1S/C13H13ClFN3O3/c1-20-9-5-10(21-2)18-13(17-9)12(19)7-3-6(15)4-8(14)11(7)16/h3-5,12,19H,16H2,1-2H3. The van der Waals surface area contributed by atoms with Crippen LogP contribution in [0.2, 0.25) is 5.02 Å². The second-order valence-electron chi connectivity index (χ2n) is 4.10.